The number of fused-ring (bicyclic) bond motifs is 1. The molecule has 1 aromatic carbocycles. The Morgan fingerprint density at radius 1 is 1.48 bits per heavy atom. The molecule has 0 aliphatic heterocycles. The standard InChI is InChI=1S/C16H17IN2O2/c1-2-10-7-8-13-11(9-10)15(16(20)21)18-19(13)14-6-4-3-5-12(14)17/h3-6,10H,2,7-9H2,1H3,(H,20,21). The van der Waals surface area contributed by atoms with Gasteiger partial charge in [0, 0.05) is 14.8 Å². The van der Waals surface area contributed by atoms with Crippen LogP contribution in [-0.2, 0) is 12.8 Å². The van der Waals surface area contributed by atoms with Gasteiger partial charge < -0.3 is 5.11 Å². The molecule has 1 heterocycles. The number of benzene rings is 1. The van der Waals surface area contributed by atoms with E-state index in [1.165, 1.54) is 0 Å². The Labute approximate surface area is 137 Å². The Morgan fingerprint density at radius 3 is 2.90 bits per heavy atom. The summed E-state index contributed by atoms with van der Waals surface area (Å²) in [4.78, 5) is 11.5. The van der Waals surface area contributed by atoms with Gasteiger partial charge >= 0.3 is 5.97 Å². The number of hydrogen-bond donors (Lipinski definition) is 1. The normalized spacial score (nSPS) is 17.5. The largest absolute Gasteiger partial charge is 0.476 e. The van der Waals surface area contributed by atoms with Gasteiger partial charge in [-0.2, -0.15) is 5.10 Å². The van der Waals surface area contributed by atoms with Crippen LogP contribution >= 0.6 is 22.6 Å². The van der Waals surface area contributed by atoms with E-state index < -0.39 is 5.97 Å². The van der Waals surface area contributed by atoms with E-state index in [9.17, 15) is 9.90 Å². The summed E-state index contributed by atoms with van der Waals surface area (Å²) in [7, 11) is 0. The second kappa shape index (κ2) is 5.79. The minimum Gasteiger partial charge on any atom is -0.476 e. The molecule has 0 fully saturated rings. The van der Waals surface area contributed by atoms with Crippen molar-refractivity contribution in [3.8, 4) is 5.69 Å². The Bertz CT molecular complexity index is 694. The van der Waals surface area contributed by atoms with Crippen molar-refractivity contribution in [1.29, 1.82) is 0 Å². The van der Waals surface area contributed by atoms with Crippen LogP contribution in [0.4, 0.5) is 0 Å². The lowest BCUT2D eigenvalue weighted by atomic mass is 9.85. The molecule has 2 aromatic rings. The van der Waals surface area contributed by atoms with Crippen molar-refractivity contribution >= 4 is 28.6 Å². The first-order valence-electron chi connectivity index (χ1n) is 7.20. The number of carboxylic acids is 1. The first-order valence-corrected chi connectivity index (χ1v) is 8.28. The van der Waals surface area contributed by atoms with Crippen molar-refractivity contribution in [3.05, 3.63) is 44.8 Å². The van der Waals surface area contributed by atoms with E-state index in [-0.39, 0.29) is 5.69 Å². The molecule has 1 atom stereocenters. The number of aromatic nitrogens is 2. The van der Waals surface area contributed by atoms with Crippen LogP contribution in [0.2, 0.25) is 0 Å². The van der Waals surface area contributed by atoms with Crippen LogP contribution in [0.1, 0.15) is 41.5 Å². The van der Waals surface area contributed by atoms with E-state index in [0.29, 0.717) is 5.92 Å². The number of aromatic carboxylic acids is 1. The Morgan fingerprint density at radius 2 is 2.24 bits per heavy atom. The van der Waals surface area contributed by atoms with Crippen LogP contribution in [0.15, 0.2) is 24.3 Å². The third kappa shape index (κ3) is 2.59. The molecule has 1 unspecified atom stereocenters. The molecule has 0 amide bonds. The summed E-state index contributed by atoms with van der Waals surface area (Å²) < 4.78 is 2.92. The summed E-state index contributed by atoms with van der Waals surface area (Å²) in [5, 5.41) is 13.9. The highest BCUT2D eigenvalue weighted by Crippen LogP contribution is 2.32. The first kappa shape index (κ1) is 14.6. The number of halogens is 1. The fourth-order valence-corrected chi connectivity index (χ4v) is 3.65. The molecule has 110 valence electrons. The lowest BCUT2D eigenvalue weighted by molar-refractivity contribution is 0.0688. The smallest absolute Gasteiger partial charge is 0.356 e. The molecule has 0 bridgehead atoms. The molecule has 1 aliphatic rings. The van der Waals surface area contributed by atoms with E-state index in [2.05, 4.69) is 34.6 Å². The van der Waals surface area contributed by atoms with E-state index in [0.717, 1.165) is 46.2 Å². The van der Waals surface area contributed by atoms with Crippen LogP contribution in [-0.4, -0.2) is 20.9 Å². The van der Waals surface area contributed by atoms with Crippen LogP contribution in [0, 0.1) is 9.49 Å². The minimum atomic E-state index is -0.923. The topological polar surface area (TPSA) is 55.1 Å². The molecule has 0 saturated carbocycles. The van der Waals surface area contributed by atoms with E-state index in [4.69, 9.17) is 0 Å². The van der Waals surface area contributed by atoms with Crippen molar-refractivity contribution in [2.45, 2.75) is 32.6 Å². The summed E-state index contributed by atoms with van der Waals surface area (Å²) in [6, 6.07) is 7.95. The van der Waals surface area contributed by atoms with Gasteiger partial charge in [0.2, 0.25) is 0 Å². The molecule has 1 aliphatic carbocycles. The zero-order valence-electron chi connectivity index (χ0n) is 11.8. The zero-order valence-corrected chi connectivity index (χ0v) is 14.0. The van der Waals surface area contributed by atoms with E-state index in [1.807, 2.05) is 28.9 Å². The fourth-order valence-electron chi connectivity index (χ4n) is 3.03. The highest BCUT2D eigenvalue weighted by atomic mass is 127. The van der Waals surface area contributed by atoms with Gasteiger partial charge in [0.05, 0.1) is 5.69 Å². The second-order valence-electron chi connectivity index (χ2n) is 5.46. The average molecular weight is 396 g/mol. The van der Waals surface area contributed by atoms with Crippen molar-refractivity contribution in [1.82, 2.24) is 9.78 Å². The monoisotopic (exact) mass is 396 g/mol. The molecule has 1 N–H and O–H groups in total. The van der Waals surface area contributed by atoms with E-state index >= 15 is 0 Å². The van der Waals surface area contributed by atoms with Crippen molar-refractivity contribution < 1.29 is 9.90 Å². The number of rotatable bonds is 3. The van der Waals surface area contributed by atoms with Gasteiger partial charge in [-0.05, 0) is 59.9 Å². The van der Waals surface area contributed by atoms with Gasteiger partial charge in [-0.15, -0.1) is 0 Å². The van der Waals surface area contributed by atoms with Crippen LogP contribution in [0.3, 0.4) is 0 Å². The molecule has 3 rings (SSSR count). The number of para-hydroxylation sites is 1. The highest BCUT2D eigenvalue weighted by Gasteiger charge is 2.29. The SMILES string of the molecule is CCC1CCc2c(c(C(=O)O)nn2-c2ccccc2I)C1. The number of carbonyl (C=O) groups is 1. The van der Waals surface area contributed by atoms with Crippen LogP contribution in [0.25, 0.3) is 5.69 Å². The van der Waals surface area contributed by atoms with Crippen LogP contribution < -0.4 is 0 Å². The number of nitrogens with zero attached hydrogens (tertiary/aromatic N) is 2. The molecule has 1 aromatic heterocycles. The third-order valence-corrected chi connectivity index (χ3v) is 5.14. The molecular formula is C16H17IN2O2. The summed E-state index contributed by atoms with van der Waals surface area (Å²) in [6.07, 6.45) is 3.93. The Hall–Kier alpha value is -1.37. The lowest BCUT2D eigenvalue weighted by Gasteiger charge is -2.22. The quantitative estimate of drug-likeness (QED) is 0.806. The maximum Gasteiger partial charge on any atom is 0.356 e. The molecular weight excluding hydrogens is 379 g/mol. The molecule has 5 heteroatoms. The summed E-state index contributed by atoms with van der Waals surface area (Å²) in [5.41, 5.74) is 3.20. The van der Waals surface area contributed by atoms with Gasteiger partial charge in [-0.25, -0.2) is 9.48 Å². The maximum atomic E-state index is 11.5. The Kier molecular flexibility index (Phi) is 4.01. The minimum absolute atomic E-state index is 0.225. The molecule has 0 spiro atoms. The Balaban J connectivity index is 2.16. The second-order valence-corrected chi connectivity index (χ2v) is 6.62. The van der Waals surface area contributed by atoms with Gasteiger partial charge in [-0.1, -0.05) is 25.5 Å². The molecule has 4 nitrogen and oxygen atoms in total. The summed E-state index contributed by atoms with van der Waals surface area (Å²) in [6.45, 7) is 2.17. The van der Waals surface area contributed by atoms with Gasteiger partial charge in [-0.3, -0.25) is 0 Å². The highest BCUT2D eigenvalue weighted by molar-refractivity contribution is 14.1. The first-order chi connectivity index (χ1) is 10.1. The number of hydrogen-bond acceptors (Lipinski definition) is 2. The van der Waals surface area contributed by atoms with Crippen molar-refractivity contribution in [3.63, 3.8) is 0 Å². The lowest BCUT2D eigenvalue weighted by Crippen LogP contribution is -2.16. The molecule has 21 heavy (non-hydrogen) atoms. The summed E-state index contributed by atoms with van der Waals surface area (Å²) in [5.74, 6) is -0.351. The third-order valence-electron chi connectivity index (χ3n) is 4.23. The van der Waals surface area contributed by atoms with E-state index in [1.54, 1.807) is 0 Å². The van der Waals surface area contributed by atoms with Crippen LogP contribution in [0.5, 0.6) is 0 Å². The van der Waals surface area contributed by atoms with Gasteiger partial charge in [0.1, 0.15) is 0 Å². The summed E-state index contributed by atoms with van der Waals surface area (Å²) >= 11 is 2.27. The molecule has 0 saturated heterocycles. The van der Waals surface area contributed by atoms with Crippen molar-refractivity contribution in [2.75, 3.05) is 0 Å². The van der Waals surface area contributed by atoms with Crippen molar-refractivity contribution in [2.24, 2.45) is 5.92 Å². The predicted molar refractivity (Wildman–Crippen MR) is 89.0 cm³/mol. The predicted octanol–water partition coefficient (Wildman–Crippen LogP) is 3.69. The van der Waals surface area contributed by atoms with Gasteiger partial charge in [0.15, 0.2) is 5.69 Å². The van der Waals surface area contributed by atoms with Gasteiger partial charge in [0.25, 0.3) is 0 Å². The molecule has 0 radical (unpaired) electrons. The zero-order chi connectivity index (χ0) is 15.0. The number of carboxylic acid groups (broad SMARTS) is 1. The average Bonchev–Trinajstić information content (AvgIpc) is 2.86. The maximum absolute atomic E-state index is 11.5. The fraction of sp³-hybridized carbons (Fsp3) is 0.375.